The van der Waals surface area contributed by atoms with Gasteiger partial charge in [-0.05, 0) is 50.5 Å². The van der Waals surface area contributed by atoms with E-state index in [9.17, 15) is 0 Å². The molecule has 2 rings (SSSR count). The summed E-state index contributed by atoms with van der Waals surface area (Å²) >= 11 is 3.47. The molecule has 100 valence electrons. The summed E-state index contributed by atoms with van der Waals surface area (Å²) in [5, 5.41) is 3.60. The SMILES string of the molecule is Cc1cc(Br)ccc1OC(C)CNC1CCCC1. The molecule has 0 aromatic heterocycles. The van der Waals surface area contributed by atoms with Gasteiger partial charge in [-0.1, -0.05) is 28.8 Å². The summed E-state index contributed by atoms with van der Waals surface area (Å²) in [5.74, 6) is 0.985. The highest BCUT2D eigenvalue weighted by atomic mass is 79.9. The van der Waals surface area contributed by atoms with Crippen LogP contribution in [0.4, 0.5) is 0 Å². The zero-order chi connectivity index (χ0) is 13.0. The van der Waals surface area contributed by atoms with Crippen LogP contribution in [0.1, 0.15) is 38.2 Å². The molecule has 1 fully saturated rings. The Morgan fingerprint density at radius 1 is 1.39 bits per heavy atom. The molecule has 0 aliphatic heterocycles. The Hall–Kier alpha value is -0.540. The second kappa shape index (κ2) is 6.58. The van der Waals surface area contributed by atoms with Crippen molar-refractivity contribution >= 4 is 15.9 Å². The predicted molar refractivity (Wildman–Crippen MR) is 79.2 cm³/mol. The number of halogens is 1. The number of hydrogen-bond acceptors (Lipinski definition) is 2. The van der Waals surface area contributed by atoms with Gasteiger partial charge in [0.25, 0.3) is 0 Å². The molecule has 1 aromatic carbocycles. The highest BCUT2D eigenvalue weighted by Gasteiger charge is 2.15. The fourth-order valence-electron chi connectivity index (χ4n) is 2.47. The van der Waals surface area contributed by atoms with E-state index >= 15 is 0 Å². The molecule has 1 aromatic rings. The van der Waals surface area contributed by atoms with Gasteiger partial charge in [-0.3, -0.25) is 0 Å². The first kappa shape index (κ1) is 13.9. The minimum absolute atomic E-state index is 0.213. The van der Waals surface area contributed by atoms with Gasteiger partial charge in [-0.2, -0.15) is 0 Å². The summed E-state index contributed by atoms with van der Waals surface area (Å²) < 4.78 is 7.08. The molecule has 1 saturated carbocycles. The molecule has 1 unspecified atom stereocenters. The molecule has 3 heteroatoms. The molecule has 18 heavy (non-hydrogen) atoms. The lowest BCUT2D eigenvalue weighted by molar-refractivity contribution is 0.210. The third kappa shape index (κ3) is 3.99. The zero-order valence-electron chi connectivity index (χ0n) is 11.2. The molecule has 1 aliphatic rings. The third-order valence-corrected chi connectivity index (χ3v) is 4.01. The molecular weight excluding hydrogens is 290 g/mol. The van der Waals surface area contributed by atoms with Crippen LogP contribution in [0, 0.1) is 6.92 Å². The molecular formula is C15H22BrNO. The first-order valence-electron chi connectivity index (χ1n) is 6.81. The van der Waals surface area contributed by atoms with Gasteiger partial charge in [0, 0.05) is 17.1 Å². The summed E-state index contributed by atoms with van der Waals surface area (Å²) in [7, 11) is 0. The lowest BCUT2D eigenvalue weighted by Crippen LogP contribution is -2.35. The van der Waals surface area contributed by atoms with E-state index < -0.39 is 0 Å². The molecule has 2 nitrogen and oxygen atoms in total. The van der Waals surface area contributed by atoms with Gasteiger partial charge in [-0.25, -0.2) is 0 Å². The van der Waals surface area contributed by atoms with E-state index in [1.807, 2.05) is 12.1 Å². The van der Waals surface area contributed by atoms with Crippen molar-refractivity contribution in [3.63, 3.8) is 0 Å². The highest BCUT2D eigenvalue weighted by molar-refractivity contribution is 9.10. The van der Waals surface area contributed by atoms with Crippen LogP contribution in [0.2, 0.25) is 0 Å². The van der Waals surface area contributed by atoms with Crippen molar-refractivity contribution in [2.45, 2.75) is 51.7 Å². The summed E-state index contributed by atoms with van der Waals surface area (Å²) in [4.78, 5) is 0. The monoisotopic (exact) mass is 311 g/mol. The van der Waals surface area contributed by atoms with E-state index in [1.165, 1.54) is 31.2 Å². The molecule has 0 radical (unpaired) electrons. The Kier molecular flexibility index (Phi) is 5.07. The van der Waals surface area contributed by atoms with Crippen molar-refractivity contribution in [3.8, 4) is 5.75 Å². The summed E-state index contributed by atoms with van der Waals surface area (Å²) in [6.45, 7) is 5.14. The van der Waals surface area contributed by atoms with Crippen LogP contribution in [0.5, 0.6) is 5.75 Å². The second-order valence-corrected chi connectivity index (χ2v) is 6.14. The highest BCUT2D eigenvalue weighted by Crippen LogP contribution is 2.23. The maximum atomic E-state index is 5.98. The van der Waals surface area contributed by atoms with Crippen molar-refractivity contribution in [1.82, 2.24) is 5.32 Å². The Morgan fingerprint density at radius 3 is 2.78 bits per heavy atom. The number of hydrogen-bond donors (Lipinski definition) is 1. The van der Waals surface area contributed by atoms with Crippen LogP contribution < -0.4 is 10.1 Å². The topological polar surface area (TPSA) is 21.3 Å². The maximum Gasteiger partial charge on any atom is 0.122 e. The van der Waals surface area contributed by atoms with Crippen LogP contribution >= 0.6 is 15.9 Å². The van der Waals surface area contributed by atoms with Crippen molar-refractivity contribution in [1.29, 1.82) is 0 Å². The smallest absolute Gasteiger partial charge is 0.122 e. The average Bonchev–Trinajstić information content (AvgIpc) is 2.83. The van der Waals surface area contributed by atoms with Gasteiger partial charge in [-0.15, -0.1) is 0 Å². The van der Waals surface area contributed by atoms with Gasteiger partial charge in [0.1, 0.15) is 11.9 Å². The fourth-order valence-corrected chi connectivity index (χ4v) is 2.94. The minimum Gasteiger partial charge on any atom is -0.489 e. The average molecular weight is 312 g/mol. The van der Waals surface area contributed by atoms with E-state index in [1.54, 1.807) is 0 Å². The molecule has 0 spiro atoms. The summed E-state index contributed by atoms with van der Waals surface area (Å²) in [6.07, 6.45) is 5.61. The quantitative estimate of drug-likeness (QED) is 0.885. The van der Waals surface area contributed by atoms with E-state index in [0.717, 1.165) is 16.8 Å². The van der Waals surface area contributed by atoms with Gasteiger partial charge >= 0.3 is 0 Å². The predicted octanol–water partition coefficient (Wildman–Crippen LogP) is 4.06. The summed E-state index contributed by atoms with van der Waals surface area (Å²) in [5.41, 5.74) is 1.18. The van der Waals surface area contributed by atoms with Crippen LogP contribution in [0.25, 0.3) is 0 Å². The number of nitrogens with one attached hydrogen (secondary N) is 1. The summed E-state index contributed by atoms with van der Waals surface area (Å²) in [6, 6.07) is 6.86. The molecule has 0 heterocycles. The van der Waals surface area contributed by atoms with Crippen molar-refractivity contribution in [2.75, 3.05) is 6.54 Å². The Bertz CT molecular complexity index is 388. The van der Waals surface area contributed by atoms with Gasteiger partial charge in [0.05, 0.1) is 0 Å². The van der Waals surface area contributed by atoms with Gasteiger partial charge < -0.3 is 10.1 Å². The van der Waals surface area contributed by atoms with Crippen molar-refractivity contribution in [3.05, 3.63) is 28.2 Å². The minimum atomic E-state index is 0.213. The van der Waals surface area contributed by atoms with Crippen molar-refractivity contribution in [2.24, 2.45) is 0 Å². The van der Waals surface area contributed by atoms with Crippen molar-refractivity contribution < 1.29 is 4.74 Å². The number of rotatable bonds is 5. The third-order valence-electron chi connectivity index (χ3n) is 3.51. The van der Waals surface area contributed by atoms with E-state index in [4.69, 9.17) is 4.74 Å². The van der Waals surface area contributed by atoms with E-state index in [2.05, 4.69) is 41.2 Å². The largest absolute Gasteiger partial charge is 0.489 e. The van der Waals surface area contributed by atoms with E-state index in [-0.39, 0.29) is 6.10 Å². The Labute approximate surface area is 118 Å². The first-order valence-corrected chi connectivity index (χ1v) is 7.60. The molecule has 1 atom stereocenters. The van der Waals surface area contributed by atoms with Crippen LogP contribution in [-0.2, 0) is 0 Å². The molecule has 0 bridgehead atoms. The van der Waals surface area contributed by atoms with Gasteiger partial charge in [0.2, 0.25) is 0 Å². The van der Waals surface area contributed by atoms with Crippen LogP contribution in [0.3, 0.4) is 0 Å². The molecule has 1 N–H and O–H groups in total. The van der Waals surface area contributed by atoms with E-state index in [0.29, 0.717) is 6.04 Å². The molecule has 0 amide bonds. The zero-order valence-corrected chi connectivity index (χ0v) is 12.8. The fraction of sp³-hybridized carbons (Fsp3) is 0.600. The Balaban J connectivity index is 1.80. The van der Waals surface area contributed by atoms with Crippen LogP contribution in [-0.4, -0.2) is 18.7 Å². The van der Waals surface area contributed by atoms with Crippen LogP contribution in [0.15, 0.2) is 22.7 Å². The molecule has 1 aliphatic carbocycles. The second-order valence-electron chi connectivity index (χ2n) is 5.23. The standard InChI is InChI=1S/C15H22BrNO/c1-11-9-13(16)7-8-15(11)18-12(2)10-17-14-5-3-4-6-14/h7-9,12,14,17H,3-6,10H2,1-2H3. The lowest BCUT2D eigenvalue weighted by Gasteiger charge is -2.19. The maximum absolute atomic E-state index is 5.98. The number of aryl methyl sites for hydroxylation is 1. The molecule has 0 saturated heterocycles. The Morgan fingerprint density at radius 2 is 2.11 bits per heavy atom. The first-order chi connectivity index (χ1) is 8.65. The lowest BCUT2D eigenvalue weighted by atomic mass is 10.2. The number of benzene rings is 1. The van der Waals surface area contributed by atoms with Gasteiger partial charge in [0.15, 0.2) is 0 Å². The normalized spacial score (nSPS) is 17.9. The number of ether oxygens (including phenoxy) is 1.